The Morgan fingerprint density at radius 3 is 2.95 bits per heavy atom. The van der Waals surface area contributed by atoms with Crippen LogP contribution in [0.4, 0.5) is 4.79 Å². The molecular weight excluding hydrogens is 268 g/mol. The maximum Gasteiger partial charge on any atom is 0.318 e. The highest BCUT2D eigenvalue weighted by Crippen LogP contribution is 2.32. The molecule has 1 atom stereocenters. The van der Waals surface area contributed by atoms with E-state index in [1.165, 1.54) is 11.1 Å². The molecule has 1 aromatic carbocycles. The summed E-state index contributed by atoms with van der Waals surface area (Å²) in [6.07, 6.45) is 3.14. The molecule has 0 saturated carbocycles. The summed E-state index contributed by atoms with van der Waals surface area (Å²) in [7, 11) is 1.68. The lowest BCUT2D eigenvalue weighted by molar-refractivity contribution is 0.0523. The maximum absolute atomic E-state index is 12.3. The molecule has 3 rings (SSSR count). The van der Waals surface area contributed by atoms with Crippen LogP contribution in [0.25, 0.3) is 0 Å². The third kappa shape index (κ3) is 3.13. The Kier molecular flexibility index (Phi) is 4.29. The van der Waals surface area contributed by atoms with E-state index in [0.29, 0.717) is 26.3 Å². The lowest BCUT2D eigenvalue weighted by Gasteiger charge is -2.31. The number of carbonyl (C=O) groups excluding carboxylic acids is 1. The number of nitrogens with one attached hydrogen (secondary N) is 1. The first-order valence-corrected chi connectivity index (χ1v) is 7.58. The van der Waals surface area contributed by atoms with Gasteiger partial charge in [0, 0.05) is 13.1 Å². The molecule has 0 radical (unpaired) electrons. The quantitative estimate of drug-likeness (QED) is 0.907. The number of carbonyl (C=O) groups is 1. The fourth-order valence-corrected chi connectivity index (χ4v) is 3.07. The van der Waals surface area contributed by atoms with Gasteiger partial charge in [0.15, 0.2) is 0 Å². The smallest absolute Gasteiger partial charge is 0.318 e. The molecule has 2 aliphatic rings. The lowest BCUT2D eigenvalue weighted by atomic mass is 9.87. The number of aryl methyl sites for hydroxylation is 1. The largest absolute Gasteiger partial charge is 0.497 e. The van der Waals surface area contributed by atoms with Gasteiger partial charge in [0.25, 0.3) is 0 Å². The highest BCUT2D eigenvalue weighted by molar-refractivity contribution is 5.75. The zero-order valence-electron chi connectivity index (χ0n) is 12.4. The third-order valence-corrected chi connectivity index (χ3v) is 4.26. The van der Waals surface area contributed by atoms with Crippen LogP contribution >= 0.6 is 0 Å². The van der Waals surface area contributed by atoms with E-state index in [1.54, 1.807) is 7.11 Å². The van der Waals surface area contributed by atoms with Crippen LogP contribution in [0.1, 0.15) is 30.0 Å². The van der Waals surface area contributed by atoms with E-state index in [2.05, 4.69) is 17.4 Å². The molecular formula is C16H22N2O3. The van der Waals surface area contributed by atoms with Gasteiger partial charge in [0.2, 0.25) is 0 Å². The zero-order chi connectivity index (χ0) is 14.7. The van der Waals surface area contributed by atoms with Gasteiger partial charge in [0.1, 0.15) is 5.75 Å². The van der Waals surface area contributed by atoms with E-state index in [1.807, 2.05) is 11.0 Å². The van der Waals surface area contributed by atoms with E-state index in [0.717, 1.165) is 25.0 Å². The molecule has 2 amide bonds. The first-order valence-electron chi connectivity index (χ1n) is 7.58. The Bertz CT molecular complexity index is 512. The van der Waals surface area contributed by atoms with Gasteiger partial charge in [0.05, 0.1) is 26.4 Å². The van der Waals surface area contributed by atoms with Crippen LogP contribution in [0.2, 0.25) is 0 Å². The second-order valence-electron chi connectivity index (χ2n) is 5.56. The average Bonchev–Trinajstić information content (AvgIpc) is 2.55. The highest BCUT2D eigenvalue weighted by atomic mass is 16.5. The first-order chi connectivity index (χ1) is 10.3. The van der Waals surface area contributed by atoms with Crippen LogP contribution in [0.5, 0.6) is 5.75 Å². The number of methoxy groups -OCH3 is 1. The Labute approximate surface area is 125 Å². The minimum Gasteiger partial charge on any atom is -0.497 e. The maximum atomic E-state index is 12.3. The van der Waals surface area contributed by atoms with Gasteiger partial charge in [-0.05, 0) is 42.5 Å². The Morgan fingerprint density at radius 1 is 1.38 bits per heavy atom. The molecule has 21 heavy (non-hydrogen) atoms. The monoisotopic (exact) mass is 290 g/mol. The molecule has 0 bridgehead atoms. The van der Waals surface area contributed by atoms with E-state index in [-0.39, 0.29) is 12.1 Å². The number of hydrogen-bond donors (Lipinski definition) is 1. The normalized spacial score (nSPS) is 21.6. The van der Waals surface area contributed by atoms with Gasteiger partial charge in [-0.1, -0.05) is 6.07 Å². The highest BCUT2D eigenvalue weighted by Gasteiger charge is 2.25. The molecule has 114 valence electrons. The summed E-state index contributed by atoms with van der Waals surface area (Å²) < 4.78 is 10.6. The van der Waals surface area contributed by atoms with Crippen molar-refractivity contribution in [2.45, 2.75) is 25.3 Å². The second kappa shape index (κ2) is 6.35. The van der Waals surface area contributed by atoms with Crippen molar-refractivity contribution < 1.29 is 14.3 Å². The molecule has 1 aliphatic heterocycles. The van der Waals surface area contributed by atoms with Crippen LogP contribution in [-0.4, -0.2) is 44.3 Å². The van der Waals surface area contributed by atoms with Crippen molar-refractivity contribution in [3.8, 4) is 5.75 Å². The molecule has 0 aromatic heterocycles. The number of benzene rings is 1. The lowest BCUT2D eigenvalue weighted by Crippen LogP contribution is -2.47. The van der Waals surface area contributed by atoms with Gasteiger partial charge in [-0.2, -0.15) is 0 Å². The number of ether oxygens (including phenoxy) is 2. The summed E-state index contributed by atoms with van der Waals surface area (Å²) in [5.74, 6) is 0.883. The minimum absolute atomic E-state index is 0.0203. The van der Waals surface area contributed by atoms with Crippen LogP contribution in [0.3, 0.4) is 0 Å². The molecule has 5 heteroatoms. The number of rotatable bonds is 2. The molecule has 1 N–H and O–H groups in total. The van der Waals surface area contributed by atoms with Gasteiger partial charge < -0.3 is 19.7 Å². The van der Waals surface area contributed by atoms with E-state index in [9.17, 15) is 4.79 Å². The second-order valence-corrected chi connectivity index (χ2v) is 5.56. The van der Waals surface area contributed by atoms with Crippen molar-refractivity contribution in [1.82, 2.24) is 10.2 Å². The van der Waals surface area contributed by atoms with E-state index < -0.39 is 0 Å². The van der Waals surface area contributed by atoms with Gasteiger partial charge in [-0.3, -0.25) is 0 Å². The number of morpholine rings is 1. The van der Waals surface area contributed by atoms with Crippen LogP contribution < -0.4 is 10.1 Å². The SMILES string of the molecule is COc1ccc2c(c1)CCC[C@H]2NC(=O)N1CCOCC1. The fourth-order valence-electron chi connectivity index (χ4n) is 3.07. The molecule has 1 fully saturated rings. The Balaban J connectivity index is 1.71. The van der Waals surface area contributed by atoms with Gasteiger partial charge in [-0.15, -0.1) is 0 Å². The van der Waals surface area contributed by atoms with Crippen LogP contribution in [0.15, 0.2) is 18.2 Å². The van der Waals surface area contributed by atoms with Crippen LogP contribution in [-0.2, 0) is 11.2 Å². The summed E-state index contributed by atoms with van der Waals surface area (Å²) in [6, 6.07) is 6.26. The van der Waals surface area contributed by atoms with Crippen molar-refractivity contribution in [1.29, 1.82) is 0 Å². The minimum atomic E-state index is 0.0203. The van der Waals surface area contributed by atoms with Gasteiger partial charge >= 0.3 is 6.03 Å². The molecule has 5 nitrogen and oxygen atoms in total. The molecule has 1 aliphatic carbocycles. The fraction of sp³-hybridized carbons (Fsp3) is 0.562. The Morgan fingerprint density at radius 2 is 2.19 bits per heavy atom. The van der Waals surface area contributed by atoms with Crippen molar-refractivity contribution >= 4 is 6.03 Å². The topological polar surface area (TPSA) is 50.8 Å². The zero-order valence-corrected chi connectivity index (χ0v) is 12.4. The van der Waals surface area contributed by atoms with Crippen LogP contribution in [0, 0.1) is 0 Å². The standard InChI is InChI=1S/C16H22N2O3/c1-20-13-5-6-14-12(11-13)3-2-4-15(14)17-16(19)18-7-9-21-10-8-18/h5-6,11,15H,2-4,7-10H2,1H3,(H,17,19)/t15-/m1/s1. The van der Waals surface area contributed by atoms with Gasteiger partial charge in [-0.25, -0.2) is 4.79 Å². The van der Waals surface area contributed by atoms with Crippen molar-refractivity contribution in [3.05, 3.63) is 29.3 Å². The summed E-state index contributed by atoms with van der Waals surface area (Å²) in [6.45, 7) is 2.61. The number of amides is 2. The molecule has 0 spiro atoms. The summed E-state index contributed by atoms with van der Waals surface area (Å²) in [5, 5.41) is 3.17. The summed E-state index contributed by atoms with van der Waals surface area (Å²) in [4.78, 5) is 14.2. The molecule has 1 aromatic rings. The number of nitrogens with zero attached hydrogens (tertiary/aromatic N) is 1. The average molecular weight is 290 g/mol. The van der Waals surface area contributed by atoms with Crippen molar-refractivity contribution in [2.75, 3.05) is 33.4 Å². The van der Waals surface area contributed by atoms with Crippen molar-refractivity contribution in [2.24, 2.45) is 0 Å². The predicted octanol–water partition coefficient (Wildman–Crippen LogP) is 2.11. The third-order valence-electron chi connectivity index (χ3n) is 4.26. The summed E-state index contributed by atoms with van der Waals surface area (Å²) >= 11 is 0. The van der Waals surface area contributed by atoms with E-state index in [4.69, 9.17) is 9.47 Å². The van der Waals surface area contributed by atoms with Crippen molar-refractivity contribution in [3.63, 3.8) is 0 Å². The first kappa shape index (κ1) is 14.2. The molecule has 1 saturated heterocycles. The molecule has 1 heterocycles. The number of fused-ring (bicyclic) bond motifs is 1. The predicted molar refractivity (Wildman–Crippen MR) is 79.6 cm³/mol. The van der Waals surface area contributed by atoms with E-state index >= 15 is 0 Å². The number of urea groups is 1. The molecule has 0 unspecified atom stereocenters. The Hall–Kier alpha value is -1.75. The number of hydrogen-bond acceptors (Lipinski definition) is 3. The summed E-state index contributed by atoms with van der Waals surface area (Å²) in [5.41, 5.74) is 2.51.